The van der Waals surface area contributed by atoms with Crippen molar-refractivity contribution >= 4 is 5.91 Å². The first kappa shape index (κ1) is 10.4. The summed E-state index contributed by atoms with van der Waals surface area (Å²) in [7, 11) is 0. The van der Waals surface area contributed by atoms with Crippen molar-refractivity contribution in [2.75, 3.05) is 26.3 Å². The molecule has 0 atom stereocenters. The van der Waals surface area contributed by atoms with Gasteiger partial charge in [0.1, 0.15) is 13.2 Å². The Balaban J connectivity index is 1.85. The van der Waals surface area contributed by atoms with Gasteiger partial charge in [-0.2, -0.15) is 0 Å². The van der Waals surface area contributed by atoms with Crippen molar-refractivity contribution in [3.63, 3.8) is 0 Å². The molecule has 4 heteroatoms. The number of carbonyl (C=O) groups is 1. The van der Waals surface area contributed by atoms with Crippen LogP contribution in [0.1, 0.15) is 23.2 Å². The Morgan fingerprint density at radius 2 is 1.76 bits per heavy atom. The summed E-state index contributed by atoms with van der Waals surface area (Å²) < 4.78 is 10.9. The summed E-state index contributed by atoms with van der Waals surface area (Å²) in [6.07, 6.45) is 2.21. The van der Waals surface area contributed by atoms with Gasteiger partial charge in [-0.25, -0.2) is 0 Å². The molecule has 2 aliphatic heterocycles. The van der Waals surface area contributed by atoms with Gasteiger partial charge in [0.15, 0.2) is 11.5 Å². The Morgan fingerprint density at radius 3 is 2.53 bits per heavy atom. The van der Waals surface area contributed by atoms with E-state index in [1.54, 1.807) is 6.07 Å². The number of rotatable bonds is 1. The number of hydrogen-bond acceptors (Lipinski definition) is 3. The normalized spacial score (nSPS) is 18.2. The Labute approximate surface area is 100 Å². The second-order valence-corrected chi connectivity index (χ2v) is 4.36. The van der Waals surface area contributed by atoms with E-state index in [0.29, 0.717) is 24.5 Å². The number of fused-ring (bicyclic) bond motifs is 1. The molecule has 4 nitrogen and oxygen atoms in total. The van der Waals surface area contributed by atoms with E-state index in [1.807, 2.05) is 17.0 Å². The van der Waals surface area contributed by atoms with Crippen molar-refractivity contribution in [3.05, 3.63) is 23.8 Å². The van der Waals surface area contributed by atoms with Crippen molar-refractivity contribution in [2.45, 2.75) is 12.8 Å². The first-order chi connectivity index (χ1) is 8.34. The van der Waals surface area contributed by atoms with Gasteiger partial charge in [-0.1, -0.05) is 0 Å². The fraction of sp³-hybridized carbons (Fsp3) is 0.462. The number of likely N-dealkylation sites (tertiary alicyclic amines) is 1. The summed E-state index contributed by atoms with van der Waals surface area (Å²) in [5, 5.41) is 0. The van der Waals surface area contributed by atoms with Gasteiger partial charge in [-0.05, 0) is 31.0 Å². The molecule has 1 saturated heterocycles. The largest absolute Gasteiger partial charge is 0.486 e. The van der Waals surface area contributed by atoms with E-state index in [2.05, 4.69) is 0 Å². The van der Waals surface area contributed by atoms with Crippen molar-refractivity contribution in [1.29, 1.82) is 0 Å². The van der Waals surface area contributed by atoms with Gasteiger partial charge in [-0.15, -0.1) is 0 Å². The molecule has 0 saturated carbocycles. The minimum atomic E-state index is 0.0967. The molecule has 0 unspecified atom stereocenters. The number of benzene rings is 1. The number of ether oxygens (including phenoxy) is 2. The summed E-state index contributed by atoms with van der Waals surface area (Å²) in [6, 6.07) is 5.42. The van der Waals surface area contributed by atoms with Crippen LogP contribution in [0.5, 0.6) is 11.5 Å². The molecule has 0 bridgehead atoms. The summed E-state index contributed by atoms with van der Waals surface area (Å²) in [5.74, 6) is 1.51. The van der Waals surface area contributed by atoms with E-state index < -0.39 is 0 Å². The van der Waals surface area contributed by atoms with E-state index in [1.165, 1.54) is 0 Å². The van der Waals surface area contributed by atoms with Crippen molar-refractivity contribution in [2.24, 2.45) is 0 Å². The van der Waals surface area contributed by atoms with Crippen LogP contribution in [-0.2, 0) is 0 Å². The molecule has 1 aromatic rings. The summed E-state index contributed by atoms with van der Waals surface area (Å²) in [4.78, 5) is 14.1. The van der Waals surface area contributed by atoms with Gasteiger partial charge in [0.05, 0.1) is 0 Å². The van der Waals surface area contributed by atoms with Crippen LogP contribution in [-0.4, -0.2) is 37.1 Å². The molecule has 0 N–H and O–H groups in total. The molecule has 2 aliphatic rings. The maximum absolute atomic E-state index is 12.2. The lowest BCUT2D eigenvalue weighted by molar-refractivity contribution is 0.0791. The SMILES string of the molecule is O=C(c1ccc2c(c1)OCCO2)N1CCCC1. The Morgan fingerprint density at radius 1 is 1.06 bits per heavy atom. The van der Waals surface area contributed by atoms with Gasteiger partial charge in [-0.3, -0.25) is 4.79 Å². The summed E-state index contributed by atoms with van der Waals surface area (Å²) in [6.45, 7) is 2.86. The van der Waals surface area contributed by atoms with Crippen LogP contribution >= 0.6 is 0 Å². The first-order valence-corrected chi connectivity index (χ1v) is 6.03. The fourth-order valence-corrected chi connectivity index (χ4v) is 2.28. The lowest BCUT2D eigenvalue weighted by Gasteiger charge is -2.20. The van der Waals surface area contributed by atoms with Gasteiger partial charge in [0.2, 0.25) is 0 Å². The summed E-state index contributed by atoms with van der Waals surface area (Å²) in [5.41, 5.74) is 0.691. The molecule has 1 aromatic carbocycles. The molecule has 1 amide bonds. The molecule has 1 fully saturated rings. The third-order valence-corrected chi connectivity index (χ3v) is 3.18. The average molecular weight is 233 g/mol. The van der Waals surface area contributed by atoms with Crippen LogP contribution in [0.3, 0.4) is 0 Å². The van der Waals surface area contributed by atoms with Crippen LogP contribution in [0, 0.1) is 0 Å². The van der Waals surface area contributed by atoms with Gasteiger partial charge in [0, 0.05) is 18.7 Å². The maximum atomic E-state index is 12.2. The minimum absolute atomic E-state index is 0.0967. The smallest absolute Gasteiger partial charge is 0.253 e. The molecule has 2 heterocycles. The monoisotopic (exact) mass is 233 g/mol. The minimum Gasteiger partial charge on any atom is -0.486 e. The Hall–Kier alpha value is -1.71. The summed E-state index contributed by atoms with van der Waals surface area (Å²) >= 11 is 0. The van der Waals surface area contributed by atoms with Gasteiger partial charge >= 0.3 is 0 Å². The average Bonchev–Trinajstić information content (AvgIpc) is 2.91. The third kappa shape index (κ3) is 1.95. The molecule has 0 aromatic heterocycles. The van der Waals surface area contributed by atoms with Crippen molar-refractivity contribution in [1.82, 2.24) is 4.90 Å². The highest BCUT2D eigenvalue weighted by Gasteiger charge is 2.21. The topological polar surface area (TPSA) is 38.8 Å². The highest BCUT2D eigenvalue weighted by atomic mass is 16.6. The van der Waals surface area contributed by atoms with Crippen LogP contribution in [0.2, 0.25) is 0 Å². The molecular formula is C13H15NO3. The lowest BCUT2D eigenvalue weighted by Crippen LogP contribution is -2.27. The second-order valence-electron chi connectivity index (χ2n) is 4.36. The highest BCUT2D eigenvalue weighted by molar-refractivity contribution is 5.95. The van der Waals surface area contributed by atoms with E-state index >= 15 is 0 Å². The second kappa shape index (κ2) is 4.28. The zero-order valence-electron chi connectivity index (χ0n) is 9.65. The van der Waals surface area contributed by atoms with E-state index in [4.69, 9.17) is 9.47 Å². The zero-order valence-corrected chi connectivity index (χ0v) is 9.65. The quantitative estimate of drug-likeness (QED) is 0.741. The number of nitrogens with zero attached hydrogens (tertiary/aromatic N) is 1. The number of carbonyl (C=O) groups excluding carboxylic acids is 1. The number of amides is 1. The Kier molecular flexibility index (Phi) is 2.63. The maximum Gasteiger partial charge on any atom is 0.253 e. The molecule has 17 heavy (non-hydrogen) atoms. The molecule has 0 spiro atoms. The number of hydrogen-bond donors (Lipinski definition) is 0. The predicted octanol–water partition coefficient (Wildman–Crippen LogP) is 1.69. The van der Waals surface area contributed by atoms with Crippen molar-refractivity contribution < 1.29 is 14.3 Å². The predicted molar refractivity (Wildman–Crippen MR) is 62.6 cm³/mol. The van der Waals surface area contributed by atoms with Crippen LogP contribution in [0.15, 0.2) is 18.2 Å². The standard InChI is InChI=1S/C13H15NO3/c15-13(14-5-1-2-6-14)10-3-4-11-12(9-10)17-8-7-16-11/h3-4,9H,1-2,5-8H2. The van der Waals surface area contributed by atoms with E-state index in [9.17, 15) is 4.79 Å². The van der Waals surface area contributed by atoms with Crippen LogP contribution < -0.4 is 9.47 Å². The third-order valence-electron chi connectivity index (χ3n) is 3.18. The lowest BCUT2D eigenvalue weighted by atomic mass is 10.1. The first-order valence-electron chi connectivity index (χ1n) is 6.03. The van der Waals surface area contributed by atoms with E-state index in [0.717, 1.165) is 31.7 Å². The molecule has 3 rings (SSSR count). The van der Waals surface area contributed by atoms with Crippen LogP contribution in [0.4, 0.5) is 0 Å². The molecule has 0 aliphatic carbocycles. The molecule has 90 valence electrons. The van der Waals surface area contributed by atoms with Crippen LogP contribution in [0.25, 0.3) is 0 Å². The van der Waals surface area contributed by atoms with Crippen molar-refractivity contribution in [3.8, 4) is 11.5 Å². The van der Waals surface area contributed by atoms with Gasteiger partial charge in [0.25, 0.3) is 5.91 Å². The zero-order chi connectivity index (χ0) is 11.7. The van der Waals surface area contributed by atoms with E-state index in [-0.39, 0.29) is 5.91 Å². The highest BCUT2D eigenvalue weighted by Crippen LogP contribution is 2.31. The fourth-order valence-electron chi connectivity index (χ4n) is 2.28. The molecular weight excluding hydrogens is 218 g/mol. The van der Waals surface area contributed by atoms with Gasteiger partial charge < -0.3 is 14.4 Å². The molecule has 0 radical (unpaired) electrons. The Bertz CT molecular complexity index is 438.